The summed E-state index contributed by atoms with van der Waals surface area (Å²) in [6.45, 7) is 0. The van der Waals surface area contributed by atoms with Crippen molar-refractivity contribution in [3.63, 3.8) is 0 Å². The average molecular weight is 486 g/mol. The Hall–Kier alpha value is -1.39. The van der Waals surface area contributed by atoms with Gasteiger partial charge in [-0.2, -0.15) is 8.78 Å². The second-order valence-corrected chi connectivity index (χ2v) is 8.48. The van der Waals surface area contributed by atoms with E-state index in [1.165, 1.54) is 12.1 Å². The molecule has 0 radical (unpaired) electrons. The van der Waals surface area contributed by atoms with E-state index in [0.29, 0.717) is 4.47 Å². The fourth-order valence-electron chi connectivity index (χ4n) is 2.17. The lowest BCUT2D eigenvalue weighted by Gasteiger charge is -2.10. The number of carbonyl (C=O) groups is 1. The van der Waals surface area contributed by atoms with Gasteiger partial charge in [0.2, 0.25) is 0 Å². The molecule has 0 saturated heterocycles. The van der Waals surface area contributed by atoms with Gasteiger partial charge < -0.3 is 4.74 Å². The predicted molar refractivity (Wildman–Crippen MR) is 84.8 cm³/mol. The highest BCUT2D eigenvalue weighted by Gasteiger charge is 2.61. The van der Waals surface area contributed by atoms with Crippen LogP contribution in [0.25, 0.3) is 0 Å². The number of Topliss-reactive ketones (excluding diaryl/α,β-unsaturated/α-hetero) is 1. The SMILES string of the molecule is O=C1c2c(ccc(Oc3cc(F)cc(Br)c3)c2Br)S(=O)(=O)C1(F)F. The number of rotatable bonds is 2. The zero-order valence-electron chi connectivity index (χ0n) is 11.3. The molecular formula is C14H5Br2F3O4S. The highest BCUT2D eigenvalue weighted by molar-refractivity contribution is 9.10. The van der Waals surface area contributed by atoms with Crippen molar-refractivity contribution >= 4 is 47.5 Å². The summed E-state index contributed by atoms with van der Waals surface area (Å²) in [4.78, 5) is 11.0. The Morgan fingerprint density at radius 2 is 1.75 bits per heavy atom. The van der Waals surface area contributed by atoms with Gasteiger partial charge in [-0.1, -0.05) is 15.9 Å². The first kappa shape index (κ1) is 17.4. The first-order chi connectivity index (χ1) is 11.1. The van der Waals surface area contributed by atoms with Crippen molar-refractivity contribution in [3.8, 4) is 11.5 Å². The van der Waals surface area contributed by atoms with Crippen molar-refractivity contribution in [1.29, 1.82) is 0 Å². The molecule has 0 bridgehead atoms. The summed E-state index contributed by atoms with van der Waals surface area (Å²) < 4.78 is 69.7. The van der Waals surface area contributed by atoms with E-state index in [1.54, 1.807) is 0 Å². The quantitative estimate of drug-likeness (QED) is 0.618. The van der Waals surface area contributed by atoms with E-state index >= 15 is 0 Å². The fraction of sp³-hybridized carbons (Fsp3) is 0.0714. The third kappa shape index (κ3) is 2.47. The van der Waals surface area contributed by atoms with Crippen LogP contribution in [0.5, 0.6) is 11.5 Å². The maximum atomic E-state index is 13.7. The van der Waals surface area contributed by atoms with E-state index < -0.39 is 37.2 Å². The molecule has 1 aliphatic heterocycles. The van der Waals surface area contributed by atoms with Crippen LogP contribution in [0.1, 0.15) is 10.4 Å². The Bertz CT molecular complexity index is 970. The van der Waals surface area contributed by atoms with E-state index in [0.717, 1.165) is 18.2 Å². The largest absolute Gasteiger partial charge is 0.456 e. The number of fused-ring (bicyclic) bond motifs is 1. The molecule has 0 atom stereocenters. The molecule has 0 spiro atoms. The summed E-state index contributed by atoms with van der Waals surface area (Å²) in [5.74, 6) is -2.52. The normalized spacial score (nSPS) is 17.6. The number of ketones is 1. The molecule has 24 heavy (non-hydrogen) atoms. The van der Waals surface area contributed by atoms with Gasteiger partial charge in [-0.3, -0.25) is 4.79 Å². The Morgan fingerprint density at radius 1 is 1.08 bits per heavy atom. The van der Waals surface area contributed by atoms with Gasteiger partial charge in [0.25, 0.3) is 15.6 Å². The Morgan fingerprint density at radius 3 is 2.38 bits per heavy atom. The molecular weight excluding hydrogens is 481 g/mol. The van der Waals surface area contributed by atoms with Crippen molar-refractivity contribution in [2.75, 3.05) is 0 Å². The van der Waals surface area contributed by atoms with Gasteiger partial charge in [-0.05, 0) is 40.2 Å². The molecule has 1 aliphatic rings. The van der Waals surface area contributed by atoms with Crippen LogP contribution in [0.2, 0.25) is 0 Å². The summed E-state index contributed by atoms with van der Waals surface area (Å²) in [6, 6.07) is 5.60. The van der Waals surface area contributed by atoms with Crippen LogP contribution in [-0.2, 0) is 9.84 Å². The number of halogens is 5. The number of alkyl halides is 2. The van der Waals surface area contributed by atoms with E-state index in [4.69, 9.17) is 4.74 Å². The van der Waals surface area contributed by atoms with Crippen LogP contribution < -0.4 is 4.74 Å². The van der Waals surface area contributed by atoms with Crippen molar-refractivity contribution < 1.29 is 31.1 Å². The first-order valence-electron chi connectivity index (χ1n) is 6.19. The summed E-state index contributed by atoms with van der Waals surface area (Å²) in [5.41, 5.74) is -0.687. The molecule has 0 aliphatic carbocycles. The van der Waals surface area contributed by atoms with Crippen LogP contribution in [0.4, 0.5) is 13.2 Å². The summed E-state index contributed by atoms with van der Waals surface area (Å²) >= 11 is 5.99. The van der Waals surface area contributed by atoms with Crippen LogP contribution in [0.15, 0.2) is 44.2 Å². The Balaban J connectivity index is 2.13. The molecule has 4 nitrogen and oxygen atoms in total. The van der Waals surface area contributed by atoms with Gasteiger partial charge in [0.1, 0.15) is 17.3 Å². The van der Waals surface area contributed by atoms with E-state index in [-0.39, 0.29) is 16.0 Å². The third-order valence-electron chi connectivity index (χ3n) is 3.25. The number of hydrogen-bond acceptors (Lipinski definition) is 4. The van der Waals surface area contributed by atoms with Gasteiger partial charge >= 0.3 is 5.25 Å². The number of benzene rings is 2. The van der Waals surface area contributed by atoms with Crippen molar-refractivity contribution in [3.05, 3.63) is 50.7 Å². The lowest BCUT2D eigenvalue weighted by molar-refractivity contribution is 0.0548. The minimum atomic E-state index is -5.09. The molecule has 126 valence electrons. The van der Waals surface area contributed by atoms with Crippen LogP contribution in [0.3, 0.4) is 0 Å². The van der Waals surface area contributed by atoms with E-state index in [2.05, 4.69) is 31.9 Å². The molecule has 0 N–H and O–H groups in total. The van der Waals surface area contributed by atoms with Gasteiger partial charge in [-0.25, -0.2) is 12.8 Å². The van der Waals surface area contributed by atoms with Crippen LogP contribution in [0, 0.1) is 5.82 Å². The van der Waals surface area contributed by atoms with Gasteiger partial charge in [-0.15, -0.1) is 0 Å². The molecule has 1 heterocycles. The second-order valence-electron chi connectivity index (χ2n) is 4.81. The molecule has 0 fully saturated rings. The highest BCUT2D eigenvalue weighted by Crippen LogP contribution is 2.47. The topological polar surface area (TPSA) is 60.4 Å². The molecule has 2 aromatic carbocycles. The fourth-order valence-corrected chi connectivity index (χ4v) is 4.69. The third-order valence-corrected chi connectivity index (χ3v) is 6.28. The van der Waals surface area contributed by atoms with Crippen LogP contribution >= 0.6 is 31.9 Å². The monoisotopic (exact) mass is 484 g/mol. The zero-order valence-corrected chi connectivity index (χ0v) is 15.3. The second kappa shape index (κ2) is 5.57. The van der Waals surface area contributed by atoms with Crippen LogP contribution in [-0.4, -0.2) is 19.5 Å². The molecule has 10 heteroatoms. The van der Waals surface area contributed by atoms with E-state index in [9.17, 15) is 26.4 Å². The van der Waals surface area contributed by atoms with Crippen molar-refractivity contribution in [2.24, 2.45) is 0 Å². The molecule has 0 unspecified atom stereocenters. The molecule has 0 amide bonds. The zero-order chi connectivity index (χ0) is 17.9. The van der Waals surface area contributed by atoms with Gasteiger partial charge in [0.05, 0.1) is 14.9 Å². The molecule has 3 rings (SSSR count). The lowest BCUT2D eigenvalue weighted by Crippen LogP contribution is -2.30. The van der Waals surface area contributed by atoms with Crippen molar-refractivity contribution in [2.45, 2.75) is 10.2 Å². The standard InChI is InChI=1S/C14H5Br2F3O4S/c15-6-3-7(17)5-8(4-6)23-9-1-2-10-11(12(9)16)13(20)14(18,19)24(10,21)22/h1-5H. The number of carbonyl (C=O) groups excluding carboxylic acids is 1. The minimum absolute atomic E-state index is 0.0302. The van der Waals surface area contributed by atoms with Crippen molar-refractivity contribution in [1.82, 2.24) is 0 Å². The summed E-state index contributed by atoms with van der Waals surface area (Å²) in [7, 11) is -5.09. The van der Waals surface area contributed by atoms with Gasteiger partial charge in [0, 0.05) is 10.5 Å². The number of ether oxygens (including phenoxy) is 1. The molecule has 0 aromatic heterocycles. The maximum absolute atomic E-state index is 13.7. The summed E-state index contributed by atoms with van der Waals surface area (Å²) in [6.07, 6.45) is 0. The first-order valence-corrected chi connectivity index (χ1v) is 9.26. The number of hydrogen-bond donors (Lipinski definition) is 0. The highest BCUT2D eigenvalue weighted by atomic mass is 79.9. The number of sulfone groups is 1. The van der Waals surface area contributed by atoms with E-state index in [1.807, 2.05) is 0 Å². The molecule has 0 saturated carbocycles. The predicted octanol–water partition coefficient (Wildman–Crippen LogP) is 4.71. The van der Waals surface area contributed by atoms with Gasteiger partial charge in [0.15, 0.2) is 0 Å². The minimum Gasteiger partial charge on any atom is -0.456 e. The smallest absolute Gasteiger partial charge is 0.411 e. The maximum Gasteiger partial charge on any atom is 0.411 e. The Kier molecular flexibility index (Phi) is 4.04. The molecule has 2 aromatic rings. The summed E-state index contributed by atoms with van der Waals surface area (Å²) in [5, 5.41) is -4.53. The average Bonchev–Trinajstić information content (AvgIpc) is 2.59. The lowest BCUT2D eigenvalue weighted by atomic mass is 10.1. The Labute approximate surface area is 150 Å².